The maximum absolute atomic E-state index is 14.0. The lowest BCUT2D eigenvalue weighted by atomic mass is 9.99. The van der Waals surface area contributed by atoms with E-state index < -0.39 is 5.82 Å². The van der Waals surface area contributed by atoms with Gasteiger partial charge in [-0.25, -0.2) is 4.39 Å². The molecule has 0 aromatic heterocycles. The third-order valence-corrected chi connectivity index (χ3v) is 3.33. The van der Waals surface area contributed by atoms with E-state index in [-0.39, 0.29) is 23.1 Å². The highest BCUT2D eigenvalue weighted by atomic mass is 19.1. The van der Waals surface area contributed by atoms with Crippen LogP contribution in [0.2, 0.25) is 0 Å². The summed E-state index contributed by atoms with van der Waals surface area (Å²) >= 11 is 0. The fourth-order valence-electron chi connectivity index (χ4n) is 2.30. The number of hydrogen-bond donors (Lipinski definition) is 1. The molecule has 1 saturated heterocycles. The Bertz CT molecular complexity index is 426. The smallest absolute Gasteiger partial charge is 0.182 e. The second-order valence-electron chi connectivity index (χ2n) is 4.54. The minimum atomic E-state index is -0.559. The Labute approximate surface area is 106 Å². The fraction of sp³-hybridized carbons (Fsp3) is 0.500. The number of ketones is 1. The summed E-state index contributed by atoms with van der Waals surface area (Å²) < 4.78 is 18.9. The summed E-state index contributed by atoms with van der Waals surface area (Å²) in [5, 5.41) is 3.19. The molecule has 0 spiro atoms. The van der Waals surface area contributed by atoms with Gasteiger partial charge in [0.2, 0.25) is 0 Å². The summed E-state index contributed by atoms with van der Waals surface area (Å²) in [7, 11) is 1.40. The number of halogens is 1. The predicted octanol–water partition coefficient (Wildman–Crippen LogP) is 2.55. The highest BCUT2D eigenvalue weighted by Gasteiger charge is 2.24. The Hall–Kier alpha value is -1.42. The van der Waals surface area contributed by atoms with Gasteiger partial charge in [-0.05, 0) is 31.5 Å². The van der Waals surface area contributed by atoms with Crippen LogP contribution in [0.5, 0.6) is 5.75 Å². The van der Waals surface area contributed by atoms with E-state index in [0.29, 0.717) is 0 Å². The van der Waals surface area contributed by atoms with Gasteiger partial charge < -0.3 is 10.1 Å². The van der Waals surface area contributed by atoms with Gasteiger partial charge in [-0.3, -0.25) is 4.79 Å². The molecule has 0 saturated carbocycles. The van der Waals surface area contributed by atoms with E-state index in [1.54, 1.807) is 6.07 Å². The topological polar surface area (TPSA) is 38.3 Å². The number of carbonyl (C=O) groups excluding carboxylic acids is 1. The third-order valence-electron chi connectivity index (χ3n) is 3.33. The van der Waals surface area contributed by atoms with Crippen LogP contribution in [-0.4, -0.2) is 25.5 Å². The zero-order valence-electron chi connectivity index (χ0n) is 10.5. The summed E-state index contributed by atoms with van der Waals surface area (Å²) in [5.41, 5.74) is 0.119. The lowest BCUT2D eigenvalue weighted by Gasteiger charge is -2.15. The minimum absolute atomic E-state index is 0.119. The summed E-state index contributed by atoms with van der Waals surface area (Å²) in [6.45, 7) is 0.821. The van der Waals surface area contributed by atoms with Crippen molar-refractivity contribution in [1.29, 1.82) is 0 Å². The minimum Gasteiger partial charge on any atom is -0.494 e. The second-order valence-corrected chi connectivity index (χ2v) is 4.54. The number of hydrogen-bond acceptors (Lipinski definition) is 3. The molecule has 1 unspecified atom stereocenters. The summed E-state index contributed by atoms with van der Waals surface area (Å²) in [6, 6.07) is 4.42. The van der Waals surface area contributed by atoms with Gasteiger partial charge in [0.1, 0.15) is 0 Å². The van der Waals surface area contributed by atoms with Crippen LogP contribution in [0.15, 0.2) is 18.2 Å². The van der Waals surface area contributed by atoms with Gasteiger partial charge in [-0.1, -0.05) is 18.9 Å². The van der Waals surface area contributed by atoms with Gasteiger partial charge in [0, 0.05) is 0 Å². The van der Waals surface area contributed by atoms with Crippen LogP contribution in [0.3, 0.4) is 0 Å². The Morgan fingerprint density at radius 2 is 2.22 bits per heavy atom. The predicted molar refractivity (Wildman–Crippen MR) is 67.5 cm³/mol. The summed E-state index contributed by atoms with van der Waals surface area (Å²) in [6.07, 6.45) is 3.98. The molecule has 0 aliphatic carbocycles. The van der Waals surface area contributed by atoms with Gasteiger partial charge in [0.05, 0.1) is 18.7 Å². The van der Waals surface area contributed by atoms with Crippen molar-refractivity contribution < 1.29 is 13.9 Å². The monoisotopic (exact) mass is 251 g/mol. The van der Waals surface area contributed by atoms with Gasteiger partial charge in [0.25, 0.3) is 0 Å². The molecule has 0 radical (unpaired) electrons. The molecule has 1 atom stereocenters. The van der Waals surface area contributed by atoms with E-state index in [2.05, 4.69) is 5.32 Å². The van der Waals surface area contributed by atoms with Crippen molar-refractivity contribution in [3.8, 4) is 5.75 Å². The summed E-state index contributed by atoms with van der Waals surface area (Å²) in [5.74, 6) is -0.612. The molecule has 2 rings (SSSR count). The van der Waals surface area contributed by atoms with E-state index in [4.69, 9.17) is 4.74 Å². The SMILES string of the molecule is COc1cccc(C(=O)C2CCCCCN2)c1F. The van der Waals surface area contributed by atoms with Crippen molar-refractivity contribution in [2.24, 2.45) is 0 Å². The molecule has 98 valence electrons. The fourth-order valence-corrected chi connectivity index (χ4v) is 2.30. The molecule has 0 amide bonds. The first-order valence-corrected chi connectivity index (χ1v) is 6.34. The van der Waals surface area contributed by atoms with Crippen LogP contribution < -0.4 is 10.1 Å². The van der Waals surface area contributed by atoms with Crippen molar-refractivity contribution in [2.45, 2.75) is 31.7 Å². The number of benzene rings is 1. The van der Waals surface area contributed by atoms with Gasteiger partial charge >= 0.3 is 0 Å². The van der Waals surface area contributed by atoms with Crippen LogP contribution in [0.4, 0.5) is 4.39 Å². The maximum atomic E-state index is 14.0. The van der Waals surface area contributed by atoms with Crippen molar-refractivity contribution in [1.82, 2.24) is 5.32 Å². The lowest BCUT2D eigenvalue weighted by molar-refractivity contribution is 0.0936. The molecular weight excluding hydrogens is 233 g/mol. The molecular formula is C14H18FNO2. The first-order valence-electron chi connectivity index (χ1n) is 6.34. The van der Waals surface area contributed by atoms with E-state index >= 15 is 0 Å². The van der Waals surface area contributed by atoms with Gasteiger partial charge in [-0.15, -0.1) is 0 Å². The van der Waals surface area contributed by atoms with Crippen LogP contribution in [0.25, 0.3) is 0 Å². The van der Waals surface area contributed by atoms with Crippen molar-refractivity contribution >= 4 is 5.78 Å². The Kier molecular flexibility index (Phi) is 4.31. The molecule has 0 bridgehead atoms. The number of rotatable bonds is 3. The van der Waals surface area contributed by atoms with E-state index in [0.717, 1.165) is 32.2 Å². The van der Waals surface area contributed by atoms with Crippen LogP contribution >= 0.6 is 0 Å². The normalized spacial score (nSPS) is 20.2. The van der Waals surface area contributed by atoms with Gasteiger partial charge in [-0.2, -0.15) is 0 Å². The second kappa shape index (κ2) is 5.96. The summed E-state index contributed by atoms with van der Waals surface area (Å²) in [4.78, 5) is 12.3. The van der Waals surface area contributed by atoms with E-state index in [1.165, 1.54) is 19.2 Å². The van der Waals surface area contributed by atoms with Gasteiger partial charge in [0.15, 0.2) is 17.3 Å². The molecule has 1 aromatic carbocycles. The Morgan fingerprint density at radius 1 is 1.39 bits per heavy atom. The molecule has 1 aliphatic heterocycles. The quantitative estimate of drug-likeness (QED) is 0.839. The molecule has 1 aliphatic rings. The van der Waals surface area contributed by atoms with Crippen LogP contribution in [-0.2, 0) is 0 Å². The zero-order valence-corrected chi connectivity index (χ0v) is 10.5. The molecule has 1 fully saturated rings. The number of Topliss-reactive ketones (excluding diaryl/α,β-unsaturated/α-hetero) is 1. The van der Waals surface area contributed by atoms with Crippen molar-refractivity contribution in [2.75, 3.05) is 13.7 Å². The number of nitrogens with one attached hydrogen (secondary N) is 1. The molecule has 4 heteroatoms. The number of ether oxygens (including phenoxy) is 1. The highest BCUT2D eigenvalue weighted by molar-refractivity contribution is 6.00. The largest absolute Gasteiger partial charge is 0.494 e. The van der Waals surface area contributed by atoms with Crippen molar-refractivity contribution in [3.63, 3.8) is 0 Å². The van der Waals surface area contributed by atoms with Crippen LogP contribution in [0, 0.1) is 5.82 Å². The lowest BCUT2D eigenvalue weighted by Crippen LogP contribution is -2.36. The highest BCUT2D eigenvalue weighted by Crippen LogP contribution is 2.22. The molecule has 18 heavy (non-hydrogen) atoms. The Morgan fingerprint density at radius 3 is 3.00 bits per heavy atom. The molecule has 1 heterocycles. The number of carbonyl (C=O) groups is 1. The van der Waals surface area contributed by atoms with Crippen molar-refractivity contribution in [3.05, 3.63) is 29.6 Å². The first kappa shape index (κ1) is 13.0. The first-order chi connectivity index (χ1) is 8.74. The average Bonchev–Trinajstić information content (AvgIpc) is 2.67. The Balaban J connectivity index is 2.22. The maximum Gasteiger partial charge on any atom is 0.182 e. The average molecular weight is 251 g/mol. The molecule has 1 N–H and O–H groups in total. The zero-order chi connectivity index (χ0) is 13.0. The third kappa shape index (κ3) is 2.70. The standard InChI is InChI=1S/C14H18FNO2/c1-18-12-8-5-6-10(13(12)15)14(17)11-7-3-2-4-9-16-11/h5-6,8,11,16H,2-4,7,9H2,1H3. The van der Waals surface area contributed by atoms with Crippen LogP contribution in [0.1, 0.15) is 36.0 Å². The molecule has 1 aromatic rings. The number of methoxy groups -OCH3 is 1. The molecule has 3 nitrogen and oxygen atoms in total. The van der Waals surface area contributed by atoms with E-state index in [9.17, 15) is 9.18 Å². The van der Waals surface area contributed by atoms with E-state index in [1.807, 2.05) is 0 Å².